The second-order valence-electron chi connectivity index (χ2n) is 5.95. The normalized spacial score (nSPS) is 10.6. The van der Waals surface area contributed by atoms with Crippen molar-refractivity contribution in [1.29, 1.82) is 5.26 Å². The van der Waals surface area contributed by atoms with Crippen LogP contribution < -0.4 is 5.73 Å². The molecule has 0 aliphatic rings. The van der Waals surface area contributed by atoms with Gasteiger partial charge in [-0.25, -0.2) is 4.98 Å². The molecule has 5 nitrogen and oxygen atoms in total. The van der Waals surface area contributed by atoms with E-state index in [1.807, 2.05) is 62.1 Å². The Hall–Kier alpha value is -3.26. The van der Waals surface area contributed by atoms with E-state index < -0.39 is 0 Å². The summed E-state index contributed by atoms with van der Waals surface area (Å²) in [5, 5.41) is 19.5. The third-order valence-corrected chi connectivity index (χ3v) is 4.09. The molecule has 0 radical (unpaired) electrons. The summed E-state index contributed by atoms with van der Waals surface area (Å²) in [4.78, 5) is 4.37. The van der Waals surface area contributed by atoms with E-state index in [4.69, 9.17) is 5.73 Å². The van der Waals surface area contributed by atoms with Crippen molar-refractivity contribution < 1.29 is 5.11 Å². The number of aromatic hydroxyl groups is 1. The Bertz CT molecular complexity index is 957. The number of anilines is 1. The first-order valence-corrected chi connectivity index (χ1v) is 7.54. The van der Waals surface area contributed by atoms with Crippen molar-refractivity contribution >= 4 is 5.82 Å². The van der Waals surface area contributed by atoms with Crippen molar-refractivity contribution in [3.05, 3.63) is 53.3 Å². The monoisotopic (exact) mass is 318 g/mol. The number of benzene rings is 1. The standard InChI is InChI=1S/C19H18N4O/c1-11-6-14(7-12(2)18(11)24)15-8-17(13-4-5-23(3)10-13)22-19(21)16(15)9-20/h4-8,10,24H,1-3H3,(H2,21,22). The summed E-state index contributed by atoms with van der Waals surface area (Å²) in [6.45, 7) is 3.67. The fourth-order valence-electron chi connectivity index (χ4n) is 2.82. The zero-order chi connectivity index (χ0) is 17.4. The molecule has 0 fully saturated rings. The van der Waals surface area contributed by atoms with E-state index in [1.165, 1.54) is 0 Å². The minimum atomic E-state index is 0.206. The number of nitriles is 1. The van der Waals surface area contributed by atoms with Gasteiger partial charge < -0.3 is 15.4 Å². The van der Waals surface area contributed by atoms with Gasteiger partial charge >= 0.3 is 0 Å². The molecule has 3 rings (SSSR count). The molecule has 0 saturated carbocycles. The largest absolute Gasteiger partial charge is 0.507 e. The first-order chi connectivity index (χ1) is 11.4. The maximum Gasteiger partial charge on any atom is 0.142 e. The van der Waals surface area contributed by atoms with Crippen LogP contribution in [0.4, 0.5) is 5.82 Å². The molecule has 120 valence electrons. The summed E-state index contributed by atoms with van der Waals surface area (Å²) in [5.41, 5.74) is 11.1. The number of phenolic OH excluding ortho intramolecular Hbond substituents is 1. The van der Waals surface area contributed by atoms with E-state index in [-0.39, 0.29) is 11.6 Å². The van der Waals surface area contributed by atoms with Gasteiger partial charge in [0.15, 0.2) is 0 Å². The number of hydrogen-bond acceptors (Lipinski definition) is 4. The van der Waals surface area contributed by atoms with E-state index >= 15 is 0 Å². The van der Waals surface area contributed by atoms with Crippen molar-refractivity contribution in [1.82, 2.24) is 9.55 Å². The Kier molecular flexibility index (Phi) is 3.74. The number of aryl methyl sites for hydroxylation is 3. The molecule has 1 aromatic carbocycles. The zero-order valence-corrected chi connectivity index (χ0v) is 13.8. The lowest BCUT2D eigenvalue weighted by molar-refractivity contribution is 0.467. The van der Waals surface area contributed by atoms with Crippen molar-refractivity contribution in [2.75, 3.05) is 5.73 Å². The molecule has 0 aliphatic heterocycles. The summed E-state index contributed by atoms with van der Waals surface area (Å²) in [6, 6.07) is 9.67. The summed E-state index contributed by atoms with van der Waals surface area (Å²) >= 11 is 0. The van der Waals surface area contributed by atoms with Crippen LogP contribution in [0.15, 0.2) is 36.7 Å². The Morgan fingerprint density at radius 1 is 1.17 bits per heavy atom. The van der Waals surface area contributed by atoms with Crippen molar-refractivity contribution in [3.63, 3.8) is 0 Å². The molecular formula is C19H18N4O. The molecule has 0 bridgehead atoms. The molecule has 2 heterocycles. The van der Waals surface area contributed by atoms with Crippen LogP contribution in [0.1, 0.15) is 16.7 Å². The predicted octanol–water partition coefficient (Wildman–Crippen LogP) is 3.53. The van der Waals surface area contributed by atoms with Crippen molar-refractivity contribution in [3.8, 4) is 34.2 Å². The maximum absolute atomic E-state index is 9.99. The first kappa shape index (κ1) is 15.6. The van der Waals surface area contributed by atoms with Gasteiger partial charge in [-0.05, 0) is 54.8 Å². The van der Waals surface area contributed by atoms with Crippen LogP contribution in [0.3, 0.4) is 0 Å². The smallest absolute Gasteiger partial charge is 0.142 e. The number of nitrogen functional groups attached to an aromatic ring is 1. The Morgan fingerprint density at radius 3 is 2.38 bits per heavy atom. The molecule has 0 atom stereocenters. The van der Waals surface area contributed by atoms with E-state index in [2.05, 4.69) is 11.1 Å². The van der Waals surface area contributed by atoms with E-state index in [9.17, 15) is 10.4 Å². The highest BCUT2D eigenvalue weighted by Crippen LogP contribution is 2.34. The number of hydrogen-bond donors (Lipinski definition) is 2. The summed E-state index contributed by atoms with van der Waals surface area (Å²) < 4.78 is 1.93. The van der Waals surface area contributed by atoms with Gasteiger partial charge in [-0.3, -0.25) is 0 Å². The fraction of sp³-hybridized carbons (Fsp3) is 0.158. The summed E-state index contributed by atoms with van der Waals surface area (Å²) in [5.74, 6) is 0.472. The number of rotatable bonds is 2. The van der Waals surface area contributed by atoms with Crippen LogP contribution in [0.25, 0.3) is 22.4 Å². The molecular weight excluding hydrogens is 300 g/mol. The average Bonchev–Trinajstić information content (AvgIpc) is 2.98. The van der Waals surface area contributed by atoms with Crippen LogP contribution in [0.5, 0.6) is 5.75 Å². The molecule has 5 heteroatoms. The Morgan fingerprint density at radius 2 is 1.83 bits per heavy atom. The molecule has 3 N–H and O–H groups in total. The van der Waals surface area contributed by atoms with Gasteiger partial charge in [0.2, 0.25) is 0 Å². The van der Waals surface area contributed by atoms with Gasteiger partial charge in [-0.15, -0.1) is 0 Å². The summed E-state index contributed by atoms with van der Waals surface area (Å²) in [7, 11) is 1.93. The maximum atomic E-state index is 9.99. The third-order valence-electron chi connectivity index (χ3n) is 4.09. The quantitative estimate of drug-likeness (QED) is 0.756. The lowest BCUT2D eigenvalue weighted by Gasteiger charge is -2.12. The van der Waals surface area contributed by atoms with Gasteiger partial charge in [0, 0.05) is 30.6 Å². The van der Waals surface area contributed by atoms with Crippen LogP contribution >= 0.6 is 0 Å². The van der Waals surface area contributed by atoms with Crippen LogP contribution in [-0.4, -0.2) is 14.7 Å². The number of aromatic nitrogens is 2. The third kappa shape index (κ3) is 2.59. The minimum Gasteiger partial charge on any atom is -0.507 e. The molecule has 0 aliphatic carbocycles. The topological polar surface area (TPSA) is 87.9 Å². The molecule has 0 unspecified atom stereocenters. The lowest BCUT2D eigenvalue weighted by Crippen LogP contribution is -2.00. The van der Waals surface area contributed by atoms with E-state index in [0.717, 1.165) is 27.8 Å². The van der Waals surface area contributed by atoms with E-state index in [1.54, 1.807) is 0 Å². The highest BCUT2D eigenvalue weighted by atomic mass is 16.3. The minimum absolute atomic E-state index is 0.206. The molecule has 0 spiro atoms. The van der Waals surface area contributed by atoms with Crippen molar-refractivity contribution in [2.45, 2.75) is 13.8 Å². The Balaban J connectivity index is 2.27. The number of phenols is 1. The number of nitrogens with zero attached hydrogens (tertiary/aromatic N) is 3. The van der Waals surface area contributed by atoms with Crippen LogP contribution in [-0.2, 0) is 7.05 Å². The Labute approximate surface area is 140 Å². The number of pyridine rings is 1. The van der Waals surface area contributed by atoms with Gasteiger partial charge in [0.1, 0.15) is 23.2 Å². The first-order valence-electron chi connectivity index (χ1n) is 7.54. The number of nitrogens with two attached hydrogens (primary N) is 1. The fourth-order valence-corrected chi connectivity index (χ4v) is 2.82. The lowest BCUT2D eigenvalue weighted by atomic mass is 9.95. The van der Waals surface area contributed by atoms with E-state index in [0.29, 0.717) is 11.3 Å². The second kappa shape index (κ2) is 5.74. The highest BCUT2D eigenvalue weighted by Gasteiger charge is 2.15. The zero-order valence-electron chi connectivity index (χ0n) is 13.8. The highest BCUT2D eigenvalue weighted by molar-refractivity contribution is 5.81. The van der Waals surface area contributed by atoms with Crippen LogP contribution in [0.2, 0.25) is 0 Å². The summed E-state index contributed by atoms with van der Waals surface area (Å²) in [6.07, 6.45) is 3.88. The predicted molar refractivity (Wildman–Crippen MR) is 94.3 cm³/mol. The molecule has 3 aromatic rings. The second-order valence-corrected chi connectivity index (χ2v) is 5.95. The molecule has 2 aromatic heterocycles. The van der Waals surface area contributed by atoms with Gasteiger partial charge in [-0.1, -0.05) is 0 Å². The van der Waals surface area contributed by atoms with Crippen LogP contribution in [0, 0.1) is 25.2 Å². The van der Waals surface area contributed by atoms with Crippen molar-refractivity contribution in [2.24, 2.45) is 7.05 Å². The molecule has 0 saturated heterocycles. The molecule has 24 heavy (non-hydrogen) atoms. The van der Waals surface area contributed by atoms with Gasteiger partial charge in [0.05, 0.1) is 5.69 Å². The van der Waals surface area contributed by atoms with Gasteiger partial charge in [0.25, 0.3) is 0 Å². The van der Waals surface area contributed by atoms with Gasteiger partial charge in [-0.2, -0.15) is 5.26 Å². The average molecular weight is 318 g/mol. The SMILES string of the molecule is Cc1cc(-c2cc(-c3ccn(C)c3)nc(N)c2C#N)cc(C)c1O. The molecule has 0 amide bonds.